The van der Waals surface area contributed by atoms with Gasteiger partial charge in [-0.2, -0.15) is 0 Å². The highest BCUT2D eigenvalue weighted by atomic mass is 79.9. The van der Waals surface area contributed by atoms with Crippen molar-refractivity contribution in [3.05, 3.63) is 57.3 Å². The first-order valence-corrected chi connectivity index (χ1v) is 7.33. The highest BCUT2D eigenvalue weighted by Crippen LogP contribution is 2.32. The van der Waals surface area contributed by atoms with E-state index in [-0.39, 0.29) is 5.82 Å². The molecule has 0 saturated carbocycles. The first-order chi connectivity index (χ1) is 8.56. The molecule has 0 unspecified atom stereocenters. The number of hydrogen-bond donors (Lipinski definition) is 1. The lowest BCUT2D eigenvalue weighted by Crippen LogP contribution is -1.91. The summed E-state index contributed by atoms with van der Waals surface area (Å²) in [6.07, 6.45) is 0. The van der Waals surface area contributed by atoms with Crippen molar-refractivity contribution in [1.82, 2.24) is 0 Å². The van der Waals surface area contributed by atoms with Crippen molar-refractivity contribution in [3.8, 4) is 0 Å². The van der Waals surface area contributed by atoms with E-state index in [0.29, 0.717) is 15.2 Å². The van der Waals surface area contributed by atoms with Crippen LogP contribution in [0.1, 0.15) is 5.56 Å². The Balaban J connectivity index is 2.10. The summed E-state index contributed by atoms with van der Waals surface area (Å²) >= 11 is 10.4. The van der Waals surface area contributed by atoms with Gasteiger partial charge >= 0.3 is 0 Å². The molecular formula is C13H10BrClFNS. The predicted molar refractivity (Wildman–Crippen MR) is 79.5 cm³/mol. The standard InChI is InChI=1S/C13H10BrClFNS/c14-10-5-12(17)13(6-11(10)16)18-7-8-1-3-9(15)4-2-8/h1-6H,7,17H2. The SMILES string of the molecule is Nc1cc(Br)c(F)cc1SCc1ccc(Cl)cc1. The molecule has 0 amide bonds. The second-order valence-electron chi connectivity index (χ2n) is 3.72. The maximum Gasteiger partial charge on any atom is 0.138 e. The third-order valence-corrected chi connectivity index (χ3v) is 4.36. The lowest BCUT2D eigenvalue weighted by molar-refractivity contribution is 0.618. The summed E-state index contributed by atoms with van der Waals surface area (Å²) < 4.78 is 13.8. The van der Waals surface area contributed by atoms with E-state index in [2.05, 4.69) is 15.9 Å². The Morgan fingerprint density at radius 1 is 1.22 bits per heavy atom. The van der Waals surface area contributed by atoms with Crippen LogP contribution in [0.4, 0.5) is 10.1 Å². The molecule has 0 atom stereocenters. The van der Waals surface area contributed by atoms with Crippen molar-refractivity contribution >= 4 is 45.0 Å². The van der Waals surface area contributed by atoms with Gasteiger partial charge < -0.3 is 5.73 Å². The van der Waals surface area contributed by atoms with E-state index >= 15 is 0 Å². The van der Waals surface area contributed by atoms with Gasteiger partial charge in [0.15, 0.2) is 0 Å². The lowest BCUT2D eigenvalue weighted by Gasteiger charge is -2.07. The van der Waals surface area contributed by atoms with Crippen LogP contribution in [0.3, 0.4) is 0 Å². The van der Waals surface area contributed by atoms with Crippen LogP contribution >= 0.6 is 39.3 Å². The molecule has 2 rings (SSSR count). The van der Waals surface area contributed by atoms with Crippen LogP contribution in [0, 0.1) is 5.82 Å². The Morgan fingerprint density at radius 3 is 2.56 bits per heavy atom. The molecule has 2 N–H and O–H groups in total. The van der Waals surface area contributed by atoms with Crippen molar-refractivity contribution in [3.63, 3.8) is 0 Å². The maximum absolute atomic E-state index is 13.4. The van der Waals surface area contributed by atoms with Gasteiger partial charge in [0.05, 0.1) is 4.47 Å². The fourth-order valence-corrected chi connectivity index (χ4v) is 2.82. The molecule has 0 saturated heterocycles. The van der Waals surface area contributed by atoms with Gasteiger partial charge in [0.25, 0.3) is 0 Å². The molecule has 18 heavy (non-hydrogen) atoms. The zero-order chi connectivity index (χ0) is 13.1. The number of thioether (sulfide) groups is 1. The fraction of sp³-hybridized carbons (Fsp3) is 0.0769. The molecule has 0 aromatic heterocycles. The van der Waals surface area contributed by atoms with Gasteiger partial charge in [-0.3, -0.25) is 0 Å². The molecule has 0 aliphatic heterocycles. The van der Waals surface area contributed by atoms with Crippen LogP contribution in [0.15, 0.2) is 45.8 Å². The van der Waals surface area contributed by atoms with E-state index in [1.54, 1.807) is 6.07 Å². The number of anilines is 1. The molecule has 1 nitrogen and oxygen atoms in total. The summed E-state index contributed by atoms with van der Waals surface area (Å²) in [4.78, 5) is 0.741. The van der Waals surface area contributed by atoms with Crippen LogP contribution in [0.25, 0.3) is 0 Å². The minimum absolute atomic E-state index is 0.303. The summed E-state index contributed by atoms with van der Waals surface area (Å²) in [5.41, 5.74) is 7.53. The second kappa shape index (κ2) is 5.95. The number of halogens is 3. The Labute approximate surface area is 123 Å². The van der Waals surface area contributed by atoms with Crippen LogP contribution in [-0.4, -0.2) is 0 Å². The fourth-order valence-electron chi connectivity index (χ4n) is 1.41. The average Bonchev–Trinajstić information content (AvgIpc) is 2.34. The zero-order valence-corrected chi connectivity index (χ0v) is 12.4. The van der Waals surface area contributed by atoms with E-state index < -0.39 is 0 Å². The van der Waals surface area contributed by atoms with Crippen LogP contribution in [0.5, 0.6) is 0 Å². The highest BCUT2D eigenvalue weighted by Gasteiger charge is 2.06. The highest BCUT2D eigenvalue weighted by molar-refractivity contribution is 9.10. The maximum atomic E-state index is 13.4. The van der Waals surface area contributed by atoms with Crippen molar-refractivity contribution in [2.24, 2.45) is 0 Å². The smallest absolute Gasteiger partial charge is 0.138 e. The van der Waals surface area contributed by atoms with Crippen molar-refractivity contribution < 1.29 is 4.39 Å². The van der Waals surface area contributed by atoms with E-state index in [4.69, 9.17) is 17.3 Å². The number of rotatable bonds is 3. The third kappa shape index (κ3) is 3.40. The number of nitrogens with two attached hydrogens (primary N) is 1. The van der Waals surface area contributed by atoms with E-state index in [9.17, 15) is 4.39 Å². The van der Waals surface area contributed by atoms with Gasteiger partial charge in [-0.25, -0.2) is 4.39 Å². The van der Waals surface area contributed by atoms with E-state index in [1.165, 1.54) is 17.8 Å². The van der Waals surface area contributed by atoms with Gasteiger partial charge in [-0.1, -0.05) is 23.7 Å². The summed E-state index contributed by atoms with van der Waals surface area (Å²) in [5, 5.41) is 0.706. The largest absolute Gasteiger partial charge is 0.398 e. The van der Waals surface area contributed by atoms with Gasteiger partial charge in [0.2, 0.25) is 0 Å². The molecule has 0 fully saturated rings. The quantitative estimate of drug-likeness (QED) is 0.617. The molecule has 2 aromatic carbocycles. The molecule has 0 aliphatic carbocycles. The predicted octanol–water partition coefficient (Wildman–Crippen LogP) is 5.12. The molecule has 5 heteroatoms. The Hall–Kier alpha value is -0.710. The Kier molecular flexibility index (Phi) is 4.54. The molecule has 0 bridgehead atoms. The van der Waals surface area contributed by atoms with Crippen LogP contribution < -0.4 is 5.73 Å². The van der Waals surface area contributed by atoms with E-state index in [0.717, 1.165) is 16.2 Å². The van der Waals surface area contributed by atoms with Crippen LogP contribution in [-0.2, 0) is 5.75 Å². The van der Waals surface area contributed by atoms with Gasteiger partial charge in [-0.05, 0) is 45.8 Å². The van der Waals surface area contributed by atoms with E-state index in [1.807, 2.05) is 24.3 Å². The summed E-state index contributed by atoms with van der Waals surface area (Å²) in [7, 11) is 0. The zero-order valence-electron chi connectivity index (χ0n) is 9.29. The monoisotopic (exact) mass is 345 g/mol. The Morgan fingerprint density at radius 2 is 1.89 bits per heavy atom. The average molecular weight is 347 g/mol. The summed E-state index contributed by atoms with van der Waals surface area (Å²) in [6, 6.07) is 10.6. The van der Waals surface area contributed by atoms with Crippen molar-refractivity contribution in [2.75, 3.05) is 5.73 Å². The lowest BCUT2D eigenvalue weighted by atomic mass is 10.2. The molecule has 0 radical (unpaired) electrons. The van der Waals surface area contributed by atoms with Gasteiger partial charge in [-0.15, -0.1) is 11.8 Å². The molecular weight excluding hydrogens is 337 g/mol. The van der Waals surface area contributed by atoms with Gasteiger partial charge in [0, 0.05) is 21.4 Å². The van der Waals surface area contributed by atoms with Gasteiger partial charge in [0.1, 0.15) is 5.82 Å². The number of benzene rings is 2. The second-order valence-corrected chi connectivity index (χ2v) is 6.03. The summed E-state index contributed by atoms with van der Waals surface area (Å²) in [6.45, 7) is 0. The number of nitrogen functional groups attached to an aromatic ring is 1. The Bertz CT molecular complexity index is 560. The first kappa shape index (κ1) is 13.7. The minimum atomic E-state index is -0.303. The molecule has 2 aromatic rings. The first-order valence-electron chi connectivity index (χ1n) is 5.18. The number of hydrogen-bond acceptors (Lipinski definition) is 2. The normalized spacial score (nSPS) is 10.6. The molecule has 0 spiro atoms. The molecule has 94 valence electrons. The van der Waals surface area contributed by atoms with Crippen molar-refractivity contribution in [1.29, 1.82) is 0 Å². The van der Waals surface area contributed by atoms with Crippen molar-refractivity contribution in [2.45, 2.75) is 10.6 Å². The third-order valence-electron chi connectivity index (χ3n) is 2.36. The molecule has 0 heterocycles. The van der Waals surface area contributed by atoms with Crippen LogP contribution in [0.2, 0.25) is 5.02 Å². The summed E-state index contributed by atoms with van der Waals surface area (Å²) in [5.74, 6) is 0.422. The minimum Gasteiger partial charge on any atom is -0.398 e. The molecule has 0 aliphatic rings. The topological polar surface area (TPSA) is 26.0 Å².